The van der Waals surface area contributed by atoms with Crippen LogP contribution in [-0.2, 0) is 23.0 Å². The number of aromatic nitrogens is 3. The van der Waals surface area contributed by atoms with Crippen LogP contribution in [0.25, 0.3) is 4.96 Å². The van der Waals surface area contributed by atoms with Crippen LogP contribution in [0.1, 0.15) is 27.4 Å². The summed E-state index contributed by atoms with van der Waals surface area (Å²) in [7, 11) is 1.90. The van der Waals surface area contributed by atoms with Crippen molar-refractivity contribution in [1.82, 2.24) is 14.0 Å². The van der Waals surface area contributed by atoms with Crippen LogP contribution >= 0.6 is 11.3 Å². The highest BCUT2D eigenvalue weighted by molar-refractivity contribution is 7.15. The van der Waals surface area contributed by atoms with Gasteiger partial charge in [0.1, 0.15) is 0 Å². The number of imidazole rings is 1. The van der Waals surface area contributed by atoms with E-state index >= 15 is 0 Å². The first-order valence-corrected chi connectivity index (χ1v) is 8.06. The van der Waals surface area contributed by atoms with Gasteiger partial charge < -0.3 is 9.30 Å². The number of ether oxygens (including phenoxy) is 1. The predicted octanol–water partition coefficient (Wildman–Crippen LogP) is 2.32. The van der Waals surface area contributed by atoms with Gasteiger partial charge in [-0.05, 0) is 19.9 Å². The lowest BCUT2D eigenvalue weighted by Gasteiger charge is -2.04. The Kier molecular flexibility index (Phi) is 4.04. The Morgan fingerprint density at radius 3 is 2.78 bits per heavy atom. The van der Waals surface area contributed by atoms with Crippen LogP contribution in [0.5, 0.6) is 0 Å². The molecule has 0 N–H and O–H groups in total. The second-order valence-electron chi connectivity index (χ2n) is 5.43. The molecule has 120 valence electrons. The zero-order valence-corrected chi connectivity index (χ0v) is 14.0. The third-order valence-corrected chi connectivity index (χ3v) is 4.68. The van der Waals surface area contributed by atoms with Crippen molar-refractivity contribution in [3.8, 4) is 0 Å². The van der Waals surface area contributed by atoms with Gasteiger partial charge in [0, 0.05) is 41.8 Å². The van der Waals surface area contributed by atoms with Gasteiger partial charge in [-0.3, -0.25) is 14.0 Å². The van der Waals surface area contributed by atoms with Crippen molar-refractivity contribution in [2.45, 2.75) is 20.3 Å². The van der Waals surface area contributed by atoms with E-state index < -0.39 is 5.97 Å². The van der Waals surface area contributed by atoms with E-state index in [-0.39, 0.29) is 18.8 Å². The number of Topliss-reactive ketones (excluding diaryl/α,β-unsaturated/α-hetero) is 1. The van der Waals surface area contributed by atoms with Gasteiger partial charge in [-0.2, -0.15) is 0 Å². The molecule has 6 nitrogen and oxygen atoms in total. The molecule has 0 unspecified atom stereocenters. The first-order chi connectivity index (χ1) is 11.0. The number of nitrogens with zero attached hydrogens (tertiary/aromatic N) is 3. The average molecular weight is 331 g/mol. The minimum atomic E-state index is -0.450. The standard InChI is InChI=1S/C16H17N3O3S/c1-10-6-13(11(2)18(10)3)14(20)9-22-15(21)7-12-8-19-4-5-23-16(19)17-12/h4-6,8H,7,9H2,1-3H3. The van der Waals surface area contributed by atoms with Gasteiger partial charge in [0.05, 0.1) is 12.1 Å². The van der Waals surface area contributed by atoms with Crippen molar-refractivity contribution in [2.75, 3.05) is 6.61 Å². The third kappa shape index (κ3) is 3.05. The molecule has 0 aliphatic carbocycles. The minimum absolute atomic E-state index is 0.0640. The molecule has 0 aliphatic rings. The van der Waals surface area contributed by atoms with Crippen LogP contribution in [-0.4, -0.2) is 32.3 Å². The highest BCUT2D eigenvalue weighted by Crippen LogP contribution is 2.15. The Balaban J connectivity index is 1.59. The fraction of sp³-hybridized carbons (Fsp3) is 0.312. The second-order valence-corrected chi connectivity index (χ2v) is 6.30. The molecule has 3 rings (SSSR count). The summed E-state index contributed by atoms with van der Waals surface area (Å²) in [5, 5.41) is 1.92. The van der Waals surface area contributed by atoms with E-state index in [1.54, 1.807) is 6.20 Å². The predicted molar refractivity (Wildman–Crippen MR) is 86.9 cm³/mol. The van der Waals surface area contributed by atoms with Crippen LogP contribution in [0, 0.1) is 13.8 Å². The van der Waals surface area contributed by atoms with E-state index in [2.05, 4.69) is 4.98 Å². The molecule has 0 bridgehead atoms. The molecule has 3 heterocycles. The zero-order chi connectivity index (χ0) is 16.6. The van der Waals surface area contributed by atoms with Crippen molar-refractivity contribution in [3.05, 3.63) is 46.5 Å². The van der Waals surface area contributed by atoms with E-state index in [1.165, 1.54) is 11.3 Å². The van der Waals surface area contributed by atoms with E-state index in [0.717, 1.165) is 16.3 Å². The first-order valence-electron chi connectivity index (χ1n) is 7.18. The van der Waals surface area contributed by atoms with Crippen LogP contribution in [0.3, 0.4) is 0 Å². The number of hydrogen-bond donors (Lipinski definition) is 0. The van der Waals surface area contributed by atoms with Crippen LogP contribution in [0.15, 0.2) is 23.8 Å². The molecular weight excluding hydrogens is 314 g/mol. The maximum Gasteiger partial charge on any atom is 0.312 e. The number of carbonyl (C=O) groups excluding carboxylic acids is 2. The van der Waals surface area contributed by atoms with Crippen LogP contribution in [0.4, 0.5) is 0 Å². The normalized spacial score (nSPS) is 11.1. The summed E-state index contributed by atoms with van der Waals surface area (Å²) in [6.07, 6.45) is 3.74. The van der Waals surface area contributed by atoms with Gasteiger partial charge in [0.15, 0.2) is 11.6 Å². The monoisotopic (exact) mass is 331 g/mol. The van der Waals surface area contributed by atoms with Crippen molar-refractivity contribution >= 4 is 28.1 Å². The molecule has 0 aromatic carbocycles. The Morgan fingerprint density at radius 2 is 2.13 bits per heavy atom. The van der Waals surface area contributed by atoms with E-state index in [9.17, 15) is 9.59 Å². The topological polar surface area (TPSA) is 65.6 Å². The molecule has 23 heavy (non-hydrogen) atoms. The number of rotatable bonds is 5. The molecule has 3 aromatic rings. The maximum absolute atomic E-state index is 12.2. The van der Waals surface area contributed by atoms with Crippen molar-refractivity contribution < 1.29 is 14.3 Å². The molecule has 3 aromatic heterocycles. The highest BCUT2D eigenvalue weighted by Gasteiger charge is 2.16. The number of fused-ring (bicyclic) bond motifs is 1. The van der Waals surface area contributed by atoms with Crippen molar-refractivity contribution in [1.29, 1.82) is 0 Å². The van der Waals surface area contributed by atoms with Crippen molar-refractivity contribution in [3.63, 3.8) is 0 Å². The molecule has 0 spiro atoms. The Hall–Kier alpha value is -2.41. The average Bonchev–Trinajstić information content (AvgIpc) is 3.15. The van der Waals surface area contributed by atoms with E-state index in [4.69, 9.17) is 4.74 Å². The SMILES string of the molecule is Cc1cc(C(=O)COC(=O)Cc2cn3ccsc3n2)c(C)n1C. The quantitative estimate of drug-likeness (QED) is 0.531. The highest BCUT2D eigenvalue weighted by atomic mass is 32.1. The molecule has 0 amide bonds. The number of carbonyl (C=O) groups is 2. The lowest BCUT2D eigenvalue weighted by molar-refractivity contribution is -0.141. The summed E-state index contributed by atoms with van der Waals surface area (Å²) in [6.45, 7) is 3.56. The third-order valence-electron chi connectivity index (χ3n) is 3.91. The minimum Gasteiger partial charge on any atom is -0.457 e. The van der Waals surface area contributed by atoms with Crippen LogP contribution < -0.4 is 0 Å². The first kappa shape index (κ1) is 15.5. The summed E-state index contributed by atoms with van der Waals surface area (Å²) >= 11 is 1.50. The fourth-order valence-corrected chi connectivity index (χ4v) is 3.14. The molecule has 7 heteroatoms. The van der Waals surface area contributed by atoms with Gasteiger partial charge in [-0.15, -0.1) is 11.3 Å². The number of hydrogen-bond acceptors (Lipinski definition) is 5. The number of thiazole rings is 1. The Labute approximate surface area is 137 Å². The molecule has 0 aliphatic heterocycles. The largest absolute Gasteiger partial charge is 0.457 e. The lowest BCUT2D eigenvalue weighted by Crippen LogP contribution is -2.16. The molecule has 0 radical (unpaired) electrons. The molecular formula is C16H17N3O3S. The zero-order valence-electron chi connectivity index (χ0n) is 13.2. The maximum atomic E-state index is 12.2. The van der Waals surface area contributed by atoms with E-state index in [0.29, 0.717) is 11.3 Å². The molecule has 0 fully saturated rings. The Morgan fingerprint density at radius 1 is 1.35 bits per heavy atom. The summed E-state index contributed by atoms with van der Waals surface area (Å²) in [5.74, 6) is -0.639. The Bertz CT molecular complexity index is 859. The number of ketones is 1. The summed E-state index contributed by atoms with van der Waals surface area (Å²) in [4.78, 5) is 29.2. The molecule has 0 saturated heterocycles. The number of aryl methyl sites for hydroxylation is 1. The van der Waals surface area contributed by atoms with E-state index in [1.807, 2.05) is 47.5 Å². The summed E-state index contributed by atoms with van der Waals surface area (Å²) in [6, 6.07) is 1.81. The molecule has 0 saturated carbocycles. The van der Waals surface area contributed by atoms with Crippen LogP contribution in [0.2, 0.25) is 0 Å². The van der Waals surface area contributed by atoms with Gasteiger partial charge in [-0.25, -0.2) is 4.98 Å². The van der Waals surface area contributed by atoms with Crippen molar-refractivity contribution in [2.24, 2.45) is 7.05 Å². The fourth-order valence-electron chi connectivity index (χ4n) is 2.42. The van der Waals surface area contributed by atoms with Gasteiger partial charge in [0.25, 0.3) is 0 Å². The number of esters is 1. The summed E-state index contributed by atoms with van der Waals surface area (Å²) in [5.41, 5.74) is 3.11. The van der Waals surface area contributed by atoms with Gasteiger partial charge in [0.2, 0.25) is 5.78 Å². The van der Waals surface area contributed by atoms with Gasteiger partial charge >= 0.3 is 5.97 Å². The second kappa shape index (κ2) is 6.00. The molecule has 0 atom stereocenters. The van der Waals surface area contributed by atoms with Gasteiger partial charge in [-0.1, -0.05) is 0 Å². The summed E-state index contributed by atoms with van der Waals surface area (Å²) < 4.78 is 8.89. The smallest absolute Gasteiger partial charge is 0.312 e. The lowest BCUT2D eigenvalue weighted by atomic mass is 10.1.